The Kier molecular flexibility index (Phi) is 14.7. The van der Waals surface area contributed by atoms with Crippen LogP contribution in [-0.2, 0) is 0 Å². The number of nitrogens with one attached hydrogen (secondary N) is 1. The van der Waals surface area contributed by atoms with Crippen LogP contribution in [0, 0.1) is 0 Å². The van der Waals surface area contributed by atoms with Gasteiger partial charge in [0.05, 0.1) is 0 Å². The summed E-state index contributed by atoms with van der Waals surface area (Å²) in [6.07, 6.45) is 7.29. The molecule has 0 aliphatic carbocycles. The standard InChI is InChI=1S/C7H9N.C7H14S2.Na.H/c1-8-7-5-3-2-4-6-7;1-2-4-6-8-9-7-5-3-1;;/h2-6,8H,1H3;1-7H2;;/q;;+1;-1. The van der Waals surface area contributed by atoms with E-state index >= 15 is 0 Å². The molecule has 4 heteroatoms. The first kappa shape index (κ1) is 18.7. The second-order valence-electron chi connectivity index (χ2n) is 4.03. The summed E-state index contributed by atoms with van der Waals surface area (Å²) in [4.78, 5) is 0. The summed E-state index contributed by atoms with van der Waals surface area (Å²) < 4.78 is 0. The fraction of sp³-hybridized carbons (Fsp3) is 0.571. The van der Waals surface area contributed by atoms with Crippen molar-refractivity contribution in [3.8, 4) is 0 Å². The van der Waals surface area contributed by atoms with Gasteiger partial charge < -0.3 is 6.74 Å². The molecule has 0 radical (unpaired) electrons. The van der Waals surface area contributed by atoms with Gasteiger partial charge in [-0.2, -0.15) is 0 Å². The van der Waals surface area contributed by atoms with Crippen LogP contribution in [0.4, 0.5) is 5.69 Å². The van der Waals surface area contributed by atoms with Gasteiger partial charge in [-0.25, -0.2) is 0 Å². The van der Waals surface area contributed by atoms with Crippen LogP contribution in [0.15, 0.2) is 30.3 Å². The maximum atomic E-state index is 3.03. The molecular formula is C14H24NNaS2. The Labute approximate surface area is 143 Å². The average Bonchev–Trinajstić information content (AvgIpc) is 2.56. The molecule has 0 bridgehead atoms. The van der Waals surface area contributed by atoms with E-state index in [0.717, 1.165) is 5.69 Å². The molecule has 1 aliphatic heterocycles. The van der Waals surface area contributed by atoms with Gasteiger partial charge in [-0.15, -0.1) is 0 Å². The van der Waals surface area contributed by atoms with E-state index in [1.165, 1.54) is 43.6 Å². The summed E-state index contributed by atoms with van der Waals surface area (Å²) in [6.45, 7) is 0. The summed E-state index contributed by atoms with van der Waals surface area (Å²) in [5.74, 6) is 2.76. The predicted octanol–water partition coefficient (Wildman–Crippen LogP) is 2.18. The third-order valence-corrected chi connectivity index (χ3v) is 5.18. The van der Waals surface area contributed by atoms with Crippen LogP contribution in [0.1, 0.15) is 33.5 Å². The Balaban J connectivity index is 0. The molecule has 2 rings (SSSR count). The molecule has 18 heavy (non-hydrogen) atoms. The minimum atomic E-state index is 0. The molecule has 1 nitrogen and oxygen atoms in total. The van der Waals surface area contributed by atoms with Gasteiger partial charge in [0.1, 0.15) is 0 Å². The van der Waals surface area contributed by atoms with Gasteiger partial charge >= 0.3 is 29.6 Å². The summed E-state index contributed by atoms with van der Waals surface area (Å²) in [7, 11) is 6.03. The van der Waals surface area contributed by atoms with E-state index in [1.807, 2.05) is 37.4 Å². The molecule has 1 aromatic rings. The molecule has 0 unspecified atom stereocenters. The summed E-state index contributed by atoms with van der Waals surface area (Å²) in [5, 5.41) is 3.03. The third kappa shape index (κ3) is 10.6. The second kappa shape index (κ2) is 14.1. The number of anilines is 1. The Hall–Kier alpha value is 0.720. The Morgan fingerprint density at radius 3 is 1.83 bits per heavy atom. The van der Waals surface area contributed by atoms with Gasteiger partial charge in [-0.3, -0.25) is 0 Å². The van der Waals surface area contributed by atoms with Gasteiger partial charge in [0, 0.05) is 24.2 Å². The van der Waals surface area contributed by atoms with Crippen LogP contribution in [-0.4, -0.2) is 18.6 Å². The van der Waals surface area contributed by atoms with Gasteiger partial charge in [0.15, 0.2) is 0 Å². The molecular weight excluding hydrogens is 269 g/mol. The first-order valence-electron chi connectivity index (χ1n) is 6.40. The first-order valence-corrected chi connectivity index (χ1v) is 8.89. The van der Waals surface area contributed by atoms with Crippen molar-refractivity contribution in [1.29, 1.82) is 0 Å². The van der Waals surface area contributed by atoms with Crippen molar-refractivity contribution in [2.45, 2.75) is 32.1 Å². The minimum Gasteiger partial charge on any atom is -1.00 e. The van der Waals surface area contributed by atoms with E-state index in [-0.39, 0.29) is 31.0 Å². The van der Waals surface area contributed by atoms with Crippen LogP contribution in [0.3, 0.4) is 0 Å². The first-order chi connectivity index (χ1) is 8.43. The fourth-order valence-electron chi connectivity index (χ4n) is 1.57. The summed E-state index contributed by atoms with van der Waals surface area (Å²) in [6, 6.07) is 10.1. The number of hydrogen-bond acceptors (Lipinski definition) is 3. The SMILES string of the molecule is C1CCCSSCCC1.CNc1ccccc1.[H-].[Na+]. The molecule has 1 N–H and O–H groups in total. The van der Waals surface area contributed by atoms with Crippen molar-refractivity contribution < 1.29 is 31.0 Å². The van der Waals surface area contributed by atoms with E-state index in [2.05, 4.69) is 26.9 Å². The minimum absolute atomic E-state index is 0. The van der Waals surface area contributed by atoms with Crippen LogP contribution in [0.2, 0.25) is 0 Å². The van der Waals surface area contributed by atoms with Crippen molar-refractivity contribution >= 4 is 27.3 Å². The van der Waals surface area contributed by atoms with Crippen molar-refractivity contribution in [2.75, 3.05) is 23.9 Å². The topological polar surface area (TPSA) is 12.0 Å². The fourth-order valence-corrected chi connectivity index (χ4v) is 3.87. The van der Waals surface area contributed by atoms with Gasteiger partial charge in [0.25, 0.3) is 0 Å². The van der Waals surface area contributed by atoms with Crippen molar-refractivity contribution in [3.05, 3.63) is 30.3 Å². The van der Waals surface area contributed by atoms with Crippen LogP contribution in [0.5, 0.6) is 0 Å². The van der Waals surface area contributed by atoms with E-state index in [1.54, 1.807) is 0 Å². The number of benzene rings is 1. The molecule has 1 fully saturated rings. The second-order valence-corrected chi connectivity index (χ2v) is 6.73. The number of hydrogen-bond donors (Lipinski definition) is 1. The zero-order chi connectivity index (χ0) is 12.2. The number of rotatable bonds is 1. The van der Waals surface area contributed by atoms with E-state index in [9.17, 15) is 0 Å². The molecule has 98 valence electrons. The summed E-state index contributed by atoms with van der Waals surface area (Å²) >= 11 is 0. The molecule has 0 atom stereocenters. The molecule has 1 aliphatic rings. The molecule has 0 aromatic heterocycles. The van der Waals surface area contributed by atoms with Crippen molar-refractivity contribution in [3.63, 3.8) is 0 Å². The Morgan fingerprint density at radius 2 is 1.39 bits per heavy atom. The zero-order valence-corrected chi connectivity index (χ0v) is 15.3. The van der Waals surface area contributed by atoms with Gasteiger partial charge in [-0.1, -0.05) is 59.0 Å². The van der Waals surface area contributed by atoms with Crippen molar-refractivity contribution in [1.82, 2.24) is 0 Å². The Bertz CT molecular complexity index is 247. The largest absolute Gasteiger partial charge is 1.00 e. The van der Waals surface area contributed by atoms with Crippen molar-refractivity contribution in [2.24, 2.45) is 0 Å². The smallest absolute Gasteiger partial charge is 1.00 e. The molecule has 0 saturated carbocycles. The maximum Gasteiger partial charge on any atom is 1.00 e. The van der Waals surface area contributed by atoms with Gasteiger partial charge in [-0.05, 0) is 25.0 Å². The van der Waals surface area contributed by atoms with Crippen LogP contribution in [0.25, 0.3) is 0 Å². The molecule has 0 spiro atoms. The monoisotopic (exact) mass is 293 g/mol. The predicted molar refractivity (Wildman–Crippen MR) is 85.1 cm³/mol. The van der Waals surface area contributed by atoms with Gasteiger partial charge in [0.2, 0.25) is 0 Å². The van der Waals surface area contributed by atoms with Crippen LogP contribution < -0.4 is 34.9 Å². The van der Waals surface area contributed by atoms with E-state index in [0.29, 0.717) is 0 Å². The summed E-state index contributed by atoms with van der Waals surface area (Å²) in [5.41, 5.74) is 1.16. The Morgan fingerprint density at radius 1 is 0.889 bits per heavy atom. The quantitative estimate of drug-likeness (QED) is 0.630. The molecule has 1 heterocycles. The van der Waals surface area contributed by atoms with E-state index < -0.39 is 0 Å². The van der Waals surface area contributed by atoms with Crippen LogP contribution >= 0.6 is 21.6 Å². The molecule has 1 saturated heterocycles. The zero-order valence-electron chi connectivity index (χ0n) is 12.7. The van der Waals surface area contributed by atoms with E-state index in [4.69, 9.17) is 0 Å². The molecule has 0 amide bonds. The average molecular weight is 293 g/mol. The normalized spacial score (nSPS) is 15.8. The maximum absolute atomic E-state index is 3.03. The number of para-hydroxylation sites is 1. The third-order valence-electron chi connectivity index (χ3n) is 2.60. The molecule has 1 aromatic carbocycles.